The second kappa shape index (κ2) is 7.82. The van der Waals surface area contributed by atoms with Gasteiger partial charge in [-0.1, -0.05) is 25.1 Å². The van der Waals surface area contributed by atoms with Crippen LogP contribution in [0.5, 0.6) is 5.75 Å². The van der Waals surface area contributed by atoms with Crippen LogP contribution in [-0.4, -0.2) is 12.5 Å². The fourth-order valence-corrected chi connectivity index (χ4v) is 2.32. The molecule has 1 N–H and O–H groups in total. The molecule has 0 saturated heterocycles. The highest BCUT2D eigenvalue weighted by molar-refractivity contribution is 5.94. The molecule has 2 rings (SSSR count). The Bertz CT molecular complexity index is 662. The molecular formula is C20H25NO2. The minimum Gasteiger partial charge on any atom is -0.494 e. The summed E-state index contributed by atoms with van der Waals surface area (Å²) < 4.78 is 5.53. The maximum absolute atomic E-state index is 12.4. The Morgan fingerprint density at radius 1 is 1.09 bits per heavy atom. The Morgan fingerprint density at radius 3 is 2.39 bits per heavy atom. The van der Waals surface area contributed by atoms with Gasteiger partial charge in [0.15, 0.2) is 0 Å². The Morgan fingerprint density at radius 2 is 1.78 bits per heavy atom. The average molecular weight is 311 g/mol. The van der Waals surface area contributed by atoms with Crippen molar-refractivity contribution in [3.63, 3.8) is 0 Å². The highest BCUT2D eigenvalue weighted by atomic mass is 16.5. The van der Waals surface area contributed by atoms with Crippen LogP contribution in [0.4, 0.5) is 0 Å². The van der Waals surface area contributed by atoms with E-state index in [9.17, 15) is 4.79 Å². The zero-order chi connectivity index (χ0) is 16.8. The molecular weight excluding hydrogens is 286 g/mol. The van der Waals surface area contributed by atoms with Crippen molar-refractivity contribution in [2.45, 2.75) is 40.2 Å². The molecule has 0 aliphatic carbocycles. The number of amides is 1. The lowest BCUT2D eigenvalue weighted by Crippen LogP contribution is -2.26. The van der Waals surface area contributed by atoms with Gasteiger partial charge in [-0.15, -0.1) is 0 Å². The molecule has 0 aliphatic heterocycles. The molecule has 3 heteroatoms. The maximum Gasteiger partial charge on any atom is 0.251 e. The Labute approximate surface area is 138 Å². The summed E-state index contributed by atoms with van der Waals surface area (Å²) in [7, 11) is 0. The first kappa shape index (κ1) is 17.1. The van der Waals surface area contributed by atoms with Gasteiger partial charge in [0.05, 0.1) is 12.6 Å². The fourth-order valence-electron chi connectivity index (χ4n) is 2.32. The van der Waals surface area contributed by atoms with Crippen LogP contribution < -0.4 is 10.1 Å². The van der Waals surface area contributed by atoms with Gasteiger partial charge in [0.1, 0.15) is 5.75 Å². The van der Waals surface area contributed by atoms with E-state index in [-0.39, 0.29) is 11.9 Å². The first-order valence-corrected chi connectivity index (χ1v) is 8.12. The number of hydrogen-bond donors (Lipinski definition) is 1. The van der Waals surface area contributed by atoms with Crippen molar-refractivity contribution in [2.75, 3.05) is 6.61 Å². The molecule has 0 radical (unpaired) electrons. The van der Waals surface area contributed by atoms with Gasteiger partial charge in [0.25, 0.3) is 5.91 Å². The number of aryl methyl sites for hydroxylation is 2. The topological polar surface area (TPSA) is 38.3 Å². The molecule has 0 heterocycles. The SMILES string of the molecule is CCCOc1ccc(C(=O)N[C@H](C)c2ccc(C)c(C)c2)cc1. The molecule has 0 aromatic heterocycles. The summed E-state index contributed by atoms with van der Waals surface area (Å²) in [5, 5.41) is 3.04. The van der Waals surface area contributed by atoms with E-state index in [0.29, 0.717) is 12.2 Å². The monoisotopic (exact) mass is 311 g/mol. The summed E-state index contributed by atoms with van der Waals surface area (Å²) in [5.74, 6) is 0.725. The van der Waals surface area contributed by atoms with Gasteiger partial charge in [-0.3, -0.25) is 4.79 Å². The zero-order valence-corrected chi connectivity index (χ0v) is 14.3. The van der Waals surface area contributed by atoms with Crippen LogP contribution in [0.25, 0.3) is 0 Å². The molecule has 23 heavy (non-hydrogen) atoms. The largest absolute Gasteiger partial charge is 0.494 e. The minimum absolute atomic E-state index is 0.0298. The molecule has 0 bridgehead atoms. The summed E-state index contributed by atoms with van der Waals surface area (Å²) in [6, 6.07) is 13.5. The Hall–Kier alpha value is -2.29. The fraction of sp³-hybridized carbons (Fsp3) is 0.350. The molecule has 0 unspecified atom stereocenters. The van der Waals surface area contributed by atoms with Gasteiger partial charge >= 0.3 is 0 Å². The van der Waals surface area contributed by atoms with Crippen molar-refractivity contribution in [3.8, 4) is 5.75 Å². The van der Waals surface area contributed by atoms with E-state index in [4.69, 9.17) is 4.74 Å². The highest BCUT2D eigenvalue weighted by Gasteiger charge is 2.12. The van der Waals surface area contributed by atoms with Gasteiger partial charge in [-0.05, 0) is 68.1 Å². The van der Waals surface area contributed by atoms with E-state index in [0.717, 1.165) is 17.7 Å². The Balaban J connectivity index is 2.01. The lowest BCUT2D eigenvalue weighted by Gasteiger charge is -2.16. The van der Waals surface area contributed by atoms with E-state index < -0.39 is 0 Å². The van der Waals surface area contributed by atoms with Gasteiger partial charge in [0.2, 0.25) is 0 Å². The van der Waals surface area contributed by atoms with Crippen LogP contribution in [0.15, 0.2) is 42.5 Å². The second-order valence-corrected chi connectivity index (χ2v) is 5.91. The smallest absolute Gasteiger partial charge is 0.251 e. The molecule has 0 fully saturated rings. The molecule has 0 saturated carbocycles. The predicted molar refractivity (Wildman–Crippen MR) is 94.0 cm³/mol. The number of carbonyl (C=O) groups excluding carboxylic acids is 1. The van der Waals surface area contributed by atoms with Gasteiger partial charge < -0.3 is 10.1 Å². The normalized spacial score (nSPS) is 11.8. The van der Waals surface area contributed by atoms with Gasteiger partial charge in [-0.2, -0.15) is 0 Å². The zero-order valence-electron chi connectivity index (χ0n) is 14.3. The number of ether oxygens (including phenoxy) is 1. The number of carbonyl (C=O) groups is 1. The van der Waals surface area contributed by atoms with Crippen LogP contribution in [0.3, 0.4) is 0 Å². The Kier molecular flexibility index (Phi) is 5.80. The lowest BCUT2D eigenvalue weighted by atomic mass is 10.0. The summed E-state index contributed by atoms with van der Waals surface area (Å²) in [5.41, 5.74) is 4.25. The summed E-state index contributed by atoms with van der Waals surface area (Å²) in [6.45, 7) is 8.93. The summed E-state index contributed by atoms with van der Waals surface area (Å²) >= 11 is 0. The highest BCUT2D eigenvalue weighted by Crippen LogP contribution is 2.18. The molecule has 1 atom stereocenters. The van der Waals surface area contributed by atoms with Crippen molar-refractivity contribution in [3.05, 3.63) is 64.7 Å². The maximum atomic E-state index is 12.4. The van der Waals surface area contributed by atoms with Crippen LogP contribution in [0.2, 0.25) is 0 Å². The summed E-state index contributed by atoms with van der Waals surface area (Å²) in [4.78, 5) is 12.4. The van der Waals surface area contributed by atoms with Crippen LogP contribution in [0, 0.1) is 13.8 Å². The first-order chi connectivity index (χ1) is 11.0. The van der Waals surface area contributed by atoms with Crippen molar-refractivity contribution in [1.29, 1.82) is 0 Å². The third kappa shape index (κ3) is 4.59. The van der Waals surface area contributed by atoms with Crippen LogP contribution >= 0.6 is 0 Å². The standard InChI is InChI=1S/C20H25NO2/c1-5-12-23-19-10-8-17(9-11-19)20(22)21-16(4)18-7-6-14(2)15(3)13-18/h6-11,13,16H,5,12H2,1-4H3,(H,21,22)/t16-/m1/s1. The van der Waals surface area contributed by atoms with Crippen molar-refractivity contribution < 1.29 is 9.53 Å². The van der Waals surface area contributed by atoms with Gasteiger partial charge in [0, 0.05) is 5.56 Å². The van der Waals surface area contributed by atoms with E-state index >= 15 is 0 Å². The predicted octanol–water partition coefficient (Wildman–Crippen LogP) is 4.58. The molecule has 122 valence electrons. The quantitative estimate of drug-likeness (QED) is 0.847. The van der Waals surface area contributed by atoms with Crippen molar-refractivity contribution >= 4 is 5.91 Å². The van der Waals surface area contributed by atoms with Crippen LogP contribution in [-0.2, 0) is 0 Å². The number of rotatable bonds is 6. The van der Waals surface area contributed by atoms with E-state index in [2.05, 4.69) is 44.3 Å². The molecule has 0 aliphatic rings. The number of hydrogen-bond acceptors (Lipinski definition) is 2. The van der Waals surface area contributed by atoms with Gasteiger partial charge in [-0.25, -0.2) is 0 Å². The molecule has 1 amide bonds. The van der Waals surface area contributed by atoms with Crippen molar-refractivity contribution in [2.24, 2.45) is 0 Å². The van der Waals surface area contributed by atoms with E-state index in [1.54, 1.807) is 12.1 Å². The number of benzene rings is 2. The van der Waals surface area contributed by atoms with E-state index in [1.165, 1.54) is 11.1 Å². The number of nitrogens with one attached hydrogen (secondary N) is 1. The van der Waals surface area contributed by atoms with E-state index in [1.807, 2.05) is 19.1 Å². The lowest BCUT2D eigenvalue weighted by molar-refractivity contribution is 0.0940. The summed E-state index contributed by atoms with van der Waals surface area (Å²) in [6.07, 6.45) is 0.968. The minimum atomic E-state index is -0.0715. The third-order valence-corrected chi connectivity index (χ3v) is 3.97. The van der Waals surface area contributed by atoms with Crippen LogP contribution in [0.1, 0.15) is 53.4 Å². The van der Waals surface area contributed by atoms with Crippen molar-refractivity contribution in [1.82, 2.24) is 5.32 Å². The molecule has 3 nitrogen and oxygen atoms in total. The molecule has 0 spiro atoms. The first-order valence-electron chi connectivity index (χ1n) is 8.12. The molecule has 2 aromatic rings. The average Bonchev–Trinajstić information content (AvgIpc) is 2.55. The second-order valence-electron chi connectivity index (χ2n) is 5.91. The third-order valence-electron chi connectivity index (χ3n) is 3.97. The molecule has 2 aromatic carbocycles.